The summed E-state index contributed by atoms with van der Waals surface area (Å²) in [4.78, 5) is 25.0. The molecule has 1 fully saturated rings. The van der Waals surface area contributed by atoms with Crippen molar-refractivity contribution in [1.29, 1.82) is 0 Å². The first kappa shape index (κ1) is 14.8. The minimum atomic E-state index is -0.240. The van der Waals surface area contributed by atoms with Crippen LogP contribution in [-0.4, -0.2) is 36.3 Å². The van der Waals surface area contributed by atoms with E-state index in [0.29, 0.717) is 11.6 Å². The molecule has 1 aliphatic heterocycles. The van der Waals surface area contributed by atoms with Crippen molar-refractivity contribution in [3.63, 3.8) is 0 Å². The number of nitrogens with one attached hydrogen (secondary N) is 1. The zero-order valence-corrected chi connectivity index (χ0v) is 11.9. The van der Waals surface area contributed by atoms with E-state index in [1.54, 1.807) is 24.3 Å². The second-order valence-electron chi connectivity index (χ2n) is 5.01. The zero-order chi connectivity index (χ0) is 14.5. The van der Waals surface area contributed by atoms with Gasteiger partial charge in [-0.2, -0.15) is 0 Å². The monoisotopic (exact) mass is 295 g/mol. The number of amides is 2. The van der Waals surface area contributed by atoms with Crippen LogP contribution in [-0.2, 0) is 9.59 Å². The molecular weight excluding hydrogens is 278 g/mol. The number of nitrogens with two attached hydrogens (primary N) is 1. The van der Waals surface area contributed by atoms with Gasteiger partial charge in [0, 0.05) is 16.6 Å². The Morgan fingerprint density at radius 2 is 1.85 bits per heavy atom. The lowest BCUT2D eigenvalue weighted by molar-refractivity contribution is -0.123. The van der Waals surface area contributed by atoms with Gasteiger partial charge in [0.2, 0.25) is 11.8 Å². The summed E-state index contributed by atoms with van der Waals surface area (Å²) in [7, 11) is 0. The summed E-state index contributed by atoms with van der Waals surface area (Å²) in [6.07, 6.45) is 1.45. The number of likely N-dealkylation sites (tertiary alicyclic amines) is 1. The van der Waals surface area contributed by atoms with Crippen LogP contribution < -0.4 is 11.1 Å². The van der Waals surface area contributed by atoms with Crippen LogP contribution in [0.5, 0.6) is 0 Å². The van der Waals surface area contributed by atoms with Gasteiger partial charge in [-0.15, -0.1) is 0 Å². The summed E-state index contributed by atoms with van der Waals surface area (Å²) in [5.74, 6) is -0.356. The van der Waals surface area contributed by atoms with Gasteiger partial charge >= 0.3 is 0 Å². The molecule has 0 aliphatic carbocycles. The van der Waals surface area contributed by atoms with Crippen LogP contribution in [0.25, 0.3) is 0 Å². The first-order valence-electron chi connectivity index (χ1n) is 6.61. The topological polar surface area (TPSA) is 75.4 Å². The molecule has 5 nitrogen and oxygen atoms in total. The van der Waals surface area contributed by atoms with Gasteiger partial charge in [0.25, 0.3) is 0 Å². The summed E-state index contributed by atoms with van der Waals surface area (Å²) < 4.78 is 0. The molecule has 0 atom stereocenters. The predicted octanol–water partition coefficient (Wildman–Crippen LogP) is 1.48. The molecule has 0 radical (unpaired) electrons. The molecule has 0 unspecified atom stereocenters. The first-order chi connectivity index (χ1) is 9.54. The Bertz CT molecular complexity index is 482. The minimum Gasteiger partial charge on any atom is -0.369 e. The number of carbonyl (C=O) groups excluding carboxylic acids is 2. The molecule has 0 bridgehead atoms. The largest absolute Gasteiger partial charge is 0.369 e. The molecule has 2 amide bonds. The maximum Gasteiger partial charge on any atom is 0.238 e. The first-order valence-corrected chi connectivity index (χ1v) is 6.99. The molecule has 1 saturated heterocycles. The third kappa shape index (κ3) is 4.21. The fraction of sp³-hybridized carbons (Fsp3) is 0.429. The highest BCUT2D eigenvalue weighted by Gasteiger charge is 2.24. The molecule has 20 heavy (non-hydrogen) atoms. The Kier molecular flexibility index (Phi) is 4.98. The molecular formula is C14H18ClN3O2. The molecule has 6 heteroatoms. The van der Waals surface area contributed by atoms with Gasteiger partial charge in [0.1, 0.15) is 0 Å². The maximum absolute atomic E-state index is 11.9. The number of rotatable bonds is 4. The van der Waals surface area contributed by atoms with Gasteiger partial charge < -0.3 is 11.1 Å². The number of hydrogen-bond acceptors (Lipinski definition) is 3. The average Bonchev–Trinajstić information content (AvgIpc) is 2.42. The summed E-state index contributed by atoms with van der Waals surface area (Å²) >= 11 is 5.78. The number of anilines is 1. The third-order valence-electron chi connectivity index (χ3n) is 3.49. The van der Waals surface area contributed by atoms with Crippen LogP contribution in [0.4, 0.5) is 5.69 Å². The third-order valence-corrected chi connectivity index (χ3v) is 3.74. The minimum absolute atomic E-state index is 0.0504. The van der Waals surface area contributed by atoms with Gasteiger partial charge in [0.05, 0.1) is 6.54 Å². The van der Waals surface area contributed by atoms with E-state index in [4.69, 9.17) is 17.3 Å². The second-order valence-corrected chi connectivity index (χ2v) is 5.44. The molecule has 1 aliphatic rings. The fourth-order valence-corrected chi connectivity index (χ4v) is 2.44. The lowest BCUT2D eigenvalue weighted by Crippen LogP contribution is -2.42. The van der Waals surface area contributed by atoms with Crippen LogP contribution >= 0.6 is 11.6 Å². The Hall–Kier alpha value is -1.59. The van der Waals surface area contributed by atoms with Crippen molar-refractivity contribution in [2.24, 2.45) is 11.7 Å². The van der Waals surface area contributed by atoms with Crippen LogP contribution in [0.3, 0.4) is 0 Å². The average molecular weight is 296 g/mol. The van der Waals surface area contributed by atoms with E-state index in [1.165, 1.54) is 0 Å². The SMILES string of the molecule is NC(=O)C1CCN(CC(=O)Nc2ccc(Cl)cc2)CC1. The molecule has 0 saturated carbocycles. The highest BCUT2D eigenvalue weighted by molar-refractivity contribution is 6.30. The molecule has 3 N–H and O–H groups in total. The lowest BCUT2D eigenvalue weighted by Gasteiger charge is -2.29. The molecule has 2 rings (SSSR count). The van der Waals surface area contributed by atoms with E-state index in [9.17, 15) is 9.59 Å². The Labute approximate surface area is 123 Å². The standard InChI is InChI=1S/C14H18ClN3O2/c15-11-1-3-12(4-2-11)17-13(19)9-18-7-5-10(6-8-18)14(16)20/h1-4,10H,5-9H2,(H2,16,20)(H,17,19). The van der Waals surface area contributed by atoms with E-state index >= 15 is 0 Å². The van der Waals surface area contributed by atoms with Gasteiger partial charge in [-0.1, -0.05) is 11.6 Å². The van der Waals surface area contributed by atoms with Crippen LogP contribution in [0, 0.1) is 5.92 Å². The van der Waals surface area contributed by atoms with Gasteiger partial charge in [0.15, 0.2) is 0 Å². The quantitative estimate of drug-likeness (QED) is 0.883. The van der Waals surface area contributed by atoms with Gasteiger partial charge in [-0.05, 0) is 50.2 Å². The molecule has 108 valence electrons. The fourth-order valence-electron chi connectivity index (χ4n) is 2.31. The highest BCUT2D eigenvalue weighted by Crippen LogP contribution is 2.17. The summed E-state index contributed by atoms with van der Waals surface area (Å²) in [6.45, 7) is 1.78. The molecule has 0 spiro atoms. The van der Waals surface area contributed by atoms with E-state index in [1.807, 2.05) is 4.90 Å². The number of piperidine rings is 1. The number of nitrogens with zero attached hydrogens (tertiary/aromatic N) is 1. The van der Waals surface area contributed by atoms with Crippen molar-refractivity contribution in [3.05, 3.63) is 29.3 Å². The number of benzene rings is 1. The number of carbonyl (C=O) groups is 2. The number of halogens is 1. The van der Waals surface area contributed by atoms with E-state index in [-0.39, 0.29) is 17.7 Å². The van der Waals surface area contributed by atoms with Crippen molar-refractivity contribution in [2.75, 3.05) is 25.0 Å². The van der Waals surface area contributed by atoms with E-state index in [0.717, 1.165) is 31.6 Å². The Morgan fingerprint density at radius 1 is 1.25 bits per heavy atom. The number of hydrogen-bond donors (Lipinski definition) is 2. The van der Waals surface area contributed by atoms with E-state index in [2.05, 4.69) is 5.32 Å². The van der Waals surface area contributed by atoms with Crippen molar-refractivity contribution in [3.8, 4) is 0 Å². The normalized spacial score (nSPS) is 16.9. The highest BCUT2D eigenvalue weighted by atomic mass is 35.5. The Balaban J connectivity index is 1.78. The smallest absolute Gasteiger partial charge is 0.238 e. The van der Waals surface area contributed by atoms with Crippen molar-refractivity contribution in [1.82, 2.24) is 4.90 Å². The van der Waals surface area contributed by atoms with Crippen LogP contribution in [0.1, 0.15) is 12.8 Å². The predicted molar refractivity (Wildman–Crippen MR) is 78.4 cm³/mol. The summed E-state index contributed by atoms with van der Waals surface area (Å²) in [5.41, 5.74) is 6.01. The maximum atomic E-state index is 11.9. The molecule has 1 aromatic rings. The van der Waals surface area contributed by atoms with Gasteiger partial charge in [-0.3, -0.25) is 14.5 Å². The molecule has 1 aromatic carbocycles. The summed E-state index contributed by atoms with van der Waals surface area (Å²) in [5, 5.41) is 3.46. The van der Waals surface area contributed by atoms with Crippen molar-refractivity contribution < 1.29 is 9.59 Å². The van der Waals surface area contributed by atoms with Crippen molar-refractivity contribution in [2.45, 2.75) is 12.8 Å². The summed E-state index contributed by atoms with van der Waals surface area (Å²) in [6, 6.07) is 6.99. The molecule has 1 heterocycles. The second kappa shape index (κ2) is 6.72. The zero-order valence-electron chi connectivity index (χ0n) is 11.1. The van der Waals surface area contributed by atoms with Crippen molar-refractivity contribution >= 4 is 29.1 Å². The van der Waals surface area contributed by atoms with Crippen LogP contribution in [0.15, 0.2) is 24.3 Å². The Morgan fingerprint density at radius 3 is 2.40 bits per heavy atom. The van der Waals surface area contributed by atoms with Crippen LogP contribution in [0.2, 0.25) is 5.02 Å². The molecule has 0 aromatic heterocycles. The lowest BCUT2D eigenvalue weighted by atomic mass is 9.96. The number of primary amides is 1. The van der Waals surface area contributed by atoms with E-state index < -0.39 is 0 Å². The van der Waals surface area contributed by atoms with Gasteiger partial charge in [-0.25, -0.2) is 0 Å².